The summed E-state index contributed by atoms with van der Waals surface area (Å²) in [5.74, 6) is 0.208. The molecule has 2 fully saturated rings. The lowest BCUT2D eigenvalue weighted by molar-refractivity contribution is 0.0696. The van der Waals surface area contributed by atoms with Crippen LogP contribution < -0.4 is 10.1 Å². The summed E-state index contributed by atoms with van der Waals surface area (Å²) >= 11 is 6.20. The zero-order valence-electron chi connectivity index (χ0n) is 18.3. The van der Waals surface area contributed by atoms with Crippen molar-refractivity contribution in [1.29, 1.82) is 5.41 Å². The van der Waals surface area contributed by atoms with Crippen LogP contribution in [0.4, 0.5) is 0 Å². The Labute approximate surface area is 192 Å². The second-order valence-electron chi connectivity index (χ2n) is 8.29. The van der Waals surface area contributed by atoms with E-state index in [0.717, 1.165) is 25.9 Å². The first-order valence-electron chi connectivity index (χ1n) is 10.9. The molecule has 9 heteroatoms. The maximum atomic E-state index is 13.6. The minimum atomic E-state index is -0.737. The molecule has 0 bridgehead atoms. The van der Waals surface area contributed by atoms with Crippen LogP contribution in [0.2, 0.25) is 5.02 Å². The topological polar surface area (TPSA) is 111 Å². The van der Waals surface area contributed by atoms with Gasteiger partial charge >= 0.3 is 0 Å². The van der Waals surface area contributed by atoms with E-state index in [2.05, 4.69) is 15.3 Å². The van der Waals surface area contributed by atoms with Crippen molar-refractivity contribution in [3.05, 3.63) is 52.1 Å². The molecule has 8 nitrogen and oxygen atoms in total. The first-order valence-corrected chi connectivity index (χ1v) is 11.3. The van der Waals surface area contributed by atoms with Gasteiger partial charge in [-0.1, -0.05) is 23.7 Å². The highest BCUT2D eigenvalue weighted by Gasteiger charge is 2.43. The van der Waals surface area contributed by atoms with E-state index < -0.39 is 12.0 Å². The van der Waals surface area contributed by atoms with Crippen LogP contribution >= 0.6 is 11.6 Å². The van der Waals surface area contributed by atoms with E-state index in [1.165, 1.54) is 4.90 Å². The Hall–Kier alpha value is -2.55. The lowest BCUT2D eigenvalue weighted by atomic mass is 10.0. The van der Waals surface area contributed by atoms with Gasteiger partial charge in [-0.3, -0.25) is 4.79 Å². The average molecular weight is 458 g/mol. The van der Waals surface area contributed by atoms with Gasteiger partial charge in [-0.2, -0.15) is 0 Å². The third-order valence-corrected chi connectivity index (χ3v) is 6.68. The summed E-state index contributed by atoms with van der Waals surface area (Å²) in [6, 6.07) is 6.44. The Morgan fingerprint density at radius 3 is 2.56 bits per heavy atom. The number of halogens is 1. The normalized spacial score (nSPS) is 21.8. The first-order chi connectivity index (χ1) is 15.4. The van der Waals surface area contributed by atoms with Crippen LogP contribution in [-0.4, -0.2) is 70.0 Å². The standard InChI is InChI=1S/C23H28ClN5O3/c1-13-20(24)14(2)28-22(27-13)17-11-29(18(12-30)21(17)25)23(31)16-5-3-4-6-19(16)32-15-7-9-26-10-8-15/h3-6,15,17-18,25-26,30H,7-12H2,1-2H3. The van der Waals surface area contributed by atoms with Crippen LogP contribution in [0.25, 0.3) is 0 Å². The van der Waals surface area contributed by atoms with Gasteiger partial charge < -0.3 is 25.5 Å². The summed E-state index contributed by atoms with van der Waals surface area (Å²) in [4.78, 5) is 24.0. The van der Waals surface area contributed by atoms with Crippen LogP contribution in [0.3, 0.4) is 0 Å². The molecule has 3 heterocycles. The Balaban J connectivity index is 1.61. The molecule has 2 unspecified atom stereocenters. The van der Waals surface area contributed by atoms with Crippen molar-refractivity contribution in [2.24, 2.45) is 0 Å². The van der Waals surface area contributed by atoms with Gasteiger partial charge in [-0.05, 0) is 51.9 Å². The fraction of sp³-hybridized carbons (Fsp3) is 0.478. The van der Waals surface area contributed by atoms with E-state index >= 15 is 0 Å². The molecule has 2 aliphatic heterocycles. The Kier molecular flexibility index (Phi) is 6.74. The molecule has 1 aromatic carbocycles. The highest BCUT2D eigenvalue weighted by molar-refractivity contribution is 6.31. The van der Waals surface area contributed by atoms with Crippen LogP contribution in [0, 0.1) is 19.3 Å². The summed E-state index contributed by atoms with van der Waals surface area (Å²) in [6.45, 7) is 5.23. The molecule has 0 aliphatic carbocycles. The van der Waals surface area contributed by atoms with Crippen molar-refractivity contribution in [3.8, 4) is 5.75 Å². The third-order valence-electron chi connectivity index (χ3n) is 6.13. The van der Waals surface area contributed by atoms with Gasteiger partial charge in [0.2, 0.25) is 0 Å². The Morgan fingerprint density at radius 1 is 1.25 bits per heavy atom. The van der Waals surface area contributed by atoms with E-state index in [9.17, 15) is 9.90 Å². The molecule has 0 spiro atoms. The minimum absolute atomic E-state index is 0.0527. The number of carbonyl (C=O) groups is 1. The number of carbonyl (C=O) groups excluding carboxylic acids is 1. The number of amides is 1. The summed E-state index contributed by atoms with van der Waals surface area (Å²) < 4.78 is 6.18. The fourth-order valence-corrected chi connectivity index (χ4v) is 4.43. The summed E-state index contributed by atoms with van der Waals surface area (Å²) in [7, 11) is 0. The predicted octanol–water partition coefficient (Wildman–Crippen LogP) is 2.50. The van der Waals surface area contributed by atoms with E-state index in [1.807, 2.05) is 6.07 Å². The number of hydrogen-bond donors (Lipinski definition) is 3. The number of aliphatic hydroxyl groups is 1. The van der Waals surface area contributed by atoms with Gasteiger partial charge in [0.15, 0.2) is 0 Å². The maximum Gasteiger partial charge on any atom is 0.258 e. The molecule has 1 aromatic heterocycles. The summed E-state index contributed by atoms with van der Waals surface area (Å²) in [5.41, 5.74) is 1.92. The zero-order chi connectivity index (χ0) is 22.8. The molecule has 4 rings (SSSR count). The number of aryl methyl sites for hydroxylation is 2. The van der Waals surface area contributed by atoms with Crippen LogP contribution in [-0.2, 0) is 0 Å². The molecule has 1 amide bonds. The molecule has 2 atom stereocenters. The predicted molar refractivity (Wildman–Crippen MR) is 122 cm³/mol. The van der Waals surface area contributed by atoms with Gasteiger partial charge in [-0.15, -0.1) is 0 Å². The largest absolute Gasteiger partial charge is 0.489 e. The van der Waals surface area contributed by atoms with Gasteiger partial charge in [-0.25, -0.2) is 9.97 Å². The summed E-state index contributed by atoms with van der Waals surface area (Å²) in [5, 5.41) is 22.5. The average Bonchev–Trinajstić information content (AvgIpc) is 3.14. The Bertz CT molecular complexity index is 1000. The number of nitrogens with one attached hydrogen (secondary N) is 2. The molecule has 0 saturated carbocycles. The monoisotopic (exact) mass is 457 g/mol. The molecule has 170 valence electrons. The first kappa shape index (κ1) is 22.6. The second kappa shape index (κ2) is 9.52. The van der Waals surface area contributed by atoms with E-state index in [-0.39, 0.29) is 30.9 Å². The van der Waals surface area contributed by atoms with Crippen LogP contribution in [0.1, 0.15) is 46.3 Å². The number of aliphatic hydroxyl groups excluding tert-OH is 1. The number of piperidine rings is 1. The number of benzene rings is 1. The van der Waals surface area contributed by atoms with Crippen molar-refractivity contribution < 1.29 is 14.6 Å². The van der Waals surface area contributed by atoms with Crippen molar-refractivity contribution in [2.45, 2.75) is 44.8 Å². The molecule has 32 heavy (non-hydrogen) atoms. The van der Waals surface area contributed by atoms with Gasteiger partial charge in [0.05, 0.1) is 40.5 Å². The molecule has 2 aliphatic rings. The molecular weight excluding hydrogens is 430 g/mol. The van der Waals surface area contributed by atoms with Gasteiger partial charge in [0.25, 0.3) is 5.91 Å². The zero-order valence-corrected chi connectivity index (χ0v) is 19.0. The molecule has 3 N–H and O–H groups in total. The molecule has 2 aromatic rings. The lowest BCUT2D eigenvalue weighted by Gasteiger charge is -2.27. The van der Waals surface area contributed by atoms with Gasteiger partial charge in [0.1, 0.15) is 17.7 Å². The van der Waals surface area contributed by atoms with E-state index in [0.29, 0.717) is 33.5 Å². The Morgan fingerprint density at radius 2 is 1.91 bits per heavy atom. The number of aromatic nitrogens is 2. The SMILES string of the molecule is Cc1nc(C2CN(C(=O)c3ccccc3OC3CCNCC3)C(CO)C2=N)nc(C)c1Cl. The fourth-order valence-electron chi connectivity index (χ4n) is 4.34. The molecule has 2 saturated heterocycles. The van der Waals surface area contributed by atoms with Crippen LogP contribution in [0.5, 0.6) is 5.75 Å². The van der Waals surface area contributed by atoms with Gasteiger partial charge in [0, 0.05) is 12.3 Å². The smallest absolute Gasteiger partial charge is 0.258 e. The maximum absolute atomic E-state index is 13.6. The molecular formula is C23H28ClN5O3. The van der Waals surface area contributed by atoms with Crippen LogP contribution in [0.15, 0.2) is 24.3 Å². The van der Waals surface area contributed by atoms with Crippen molar-refractivity contribution in [1.82, 2.24) is 20.2 Å². The number of para-hydroxylation sites is 1. The number of likely N-dealkylation sites (tertiary alicyclic amines) is 1. The number of hydrogen-bond acceptors (Lipinski definition) is 7. The summed E-state index contributed by atoms with van der Waals surface area (Å²) in [6.07, 6.45) is 1.81. The number of rotatable bonds is 5. The van der Waals surface area contributed by atoms with Crippen molar-refractivity contribution >= 4 is 23.2 Å². The number of nitrogens with zero attached hydrogens (tertiary/aromatic N) is 3. The highest BCUT2D eigenvalue weighted by Crippen LogP contribution is 2.32. The highest BCUT2D eigenvalue weighted by atomic mass is 35.5. The number of ether oxygens (including phenoxy) is 1. The third kappa shape index (κ3) is 4.35. The minimum Gasteiger partial charge on any atom is -0.489 e. The lowest BCUT2D eigenvalue weighted by Crippen LogP contribution is -2.40. The van der Waals surface area contributed by atoms with E-state index in [4.69, 9.17) is 21.7 Å². The second-order valence-corrected chi connectivity index (χ2v) is 8.67. The van der Waals surface area contributed by atoms with E-state index in [1.54, 1.807) is 32.0 Å². The van der Waals surface area contributed by atoms with Crippen molar-refractivity contribution in [2.75, 3.05) is 26.2 Å². The van der Waals surface area contributed by atoms with Crippen molar-refractivity contribution in [3.63, 3.8) is 0 Å². The molecule has 0 radical (unpaired) electrons. The quantitative estimate of drug-likeness (QED) is 0.636.